The Morgan fingerprint density at radius 2 is 0.677 bits per heavy atom. The molecule has 0 aliphatic heterocycles. The van der Waals surface area contributed by atoms with Gasteiger partial charge in [-0.15, -0.1) is 0 Å². The van der Waals surface area contributed by atoms with Crippen molar-refractivity contribution < 1.29 is 28.6 Å². The Hall–Kier alpha value is -4.97. The van der Waals surface area contributed by atoms with Crippen molar-refractivity contribution in [3.05, 3.63) is 158 Å². The van der Waals surface area contributed by atoms with Crippen molar-refractivity contribution in [1.82, 2.24) is 0 Å². The summed E-state index contributed by atoms with van der Waals surface area (Å²) in [6.07, 6.45) is 71.3. The number of esters is 3. The molecular weight excluding hydrogens is 769 g/mol. The van der Waals surface area contributed by atoms with E-state index in [1.807, 2.05) is 18.2 Å². The highest BCUT2D eigenvalue weighted by Gasteiger charge is 2.19. The Labute approximate surface area is 378 Å². The van der Waals surface area contributed by atoms with Gasteiger partial charge in [0.2, 0.25) is 0 Å². The van der Waals surface area contributed by atoms with Gasteiger partial charge in [0, 0.05) is 12.8 Å². The number of hydrogen-bond acceptors (Lipinski definition) is 6. The first-order valence-electron chi connectivity index (χ1n) is 23.5. The summed E-state index contributed by atoms with van der Waals surface area (Å²) in [6, 6.07) is 0. The van der Waals surface area contributed by atoms with E-state index in [0.717, 1.165) is 103 Å². The SMILES string of the molecule is CC/C=C\C/C=C\C/C=C\C/C=C\C/C=C\C/C=C\CCC(=O)OCC(COC(=O)C/C=C\C/C=C\C/C=C\CC)OC(=O)CCCCC/C=C\C/C=C\C/C=C\C/C=C\CC. The number of unbranched alkanes of at least 4 members (excludes halogenated alkanes) is 3. The van der Waals surface area contributed by atoms with Crippen LogP contribution >= 0.6 is 0 Å². The van der Waals surface area contributed by atoms with Crippen molar-refractivity contribution in [2.24, 2.45) is 0 Å². The molecule has 0 spiro atoms. The van der Waals surface area contributed by atoms with Gasteiger partial charge in [-0.1, -0.05) is 185 Å². The van der Waals surface area contributed by atoms with Crippen LogP contribution in [0.2, 0.25) is 0 Å². The van der Waals surface area contributed by atoms with E-state index in [4.69, 9.17) is 14.2 Å². The molecule has 0 saturated heterocycles. The summed E-state index contributed by atoms with van der Waals surface area (Å²) in [5, 5.41) is 0. The number of carbonyl (C=O) groups excluding carboxylic acids is 3. The Morgan fingerprint density at radius 1 is 0.339 bits per heavy atom. The van der Waals surface area contributed by atoms with Crippen molar-refractivity contribution in [2.75, 3.05) is 13.2 Å². The average Bonchev–Trinajstić information content (AvgIpc) is 3.27. The van der Waals surface area contributed by atoms with Gasteiger partial charge in [0.05, 0.1) is 6.42 Å². The molecule has 6 nitrogen and oxygen atoms in total. The molecule has 342 valence electrons. The maximum Gasteiger partial charge on any atom is 0.309 e. The van der Waals surface area contributed by atoms with Crippen LogP contribution < -0.4 is 0 Å². The lowest BCUT2D eigenvalue weighted by Crippen LogP contribution is -2.30. The molecule has 62 heavy (non-hydrogen) atoms. The van der Waals surface area contributed by atoms with Crippen LogP contribution in [0.1, 0.15) is 156 Å². The largest absolute Gasteiger partial charge is 0.462 e. The van der Waals surface area contributed by atoms with E-state index in [9.17, 15) is 14.4 Å². The predicted molar refractivity (Wildman–Crippen MR) is 265 cm³/mol. The van der Waals surface area contributed by atoms with Crippen molar-refractivity contribution in [2.45, 2.75) is 162 Å². The summed E-state index contributed by atoms with van der Waals surface area (Å²) in [6.45, 7) is 6.05. The van der Waals surface area contributed by atoms with Gasteiger partial charge in [-0.25, -0.2) is 0 Å². The molecule has 0 heterocycles. The van der Waals surface area contributed by atoms with E-state index in [0.29, 0.717) is 12.8 Å². The number of rotatable bonds is 39. The first-order chi connectivity index (χ1) is 30.5. The van der Waals surface area contributed by atoms with Gasteiger partial charge in [-0.2, -0.15) is 0 Å². The van der Waals surface area contributed by atoms with Crippen LogP contribution in [-0.2, 0) is 28.6 Å². The second-order valence-electron chi connectivity index (χ2n) is 14.5. The highest BCUT2D eigenvalue weighted by molar-refractivity contribution is 5.72. The van der Waals surface area contributed by atoms with Gasteiger partial charge >= 0.3 is 17.9 Å². The van der Waals surface area contributed by atoms with E-state index < -0.39 is 24.0 Å². The smallest absolute Gasteiger partial charge is 0.309 e. The molecule has 0 aromatic carbocycles. The molecule has 0 radical (unpaired) electrons. The summed E-state index contributed by atoms with van der Waals surface area (Å²) in [4.78, 5) is 37.7. The van der Waals surface area contributed by atoms with Crippen LogP contribution in [0.5, 0.6) is 0 Å². The highest BCUT2D eigenvalue weighted by atomic mass is 16.6. The number of ether oxygens (including phenoxy) is 3. The molecule has 6 heteroatoms. The second-order valence-corrected chi connectivity index (χ2v) is 14.5. The number of allylic oxidation sites excluding steroid dienone is 25. The van der Waals surface area contributed by atoms with Crippen LogP contribution in [0.15, 0.2) is 158 Å². The average molecular weight is 851 g/mol. The van der Waals surface area contributed by atoms with E-state index in [1.165, 1.54) is 0 Å². The fraction of sp³-hybridized carbons (Fsp3) is 0.482. The third-order valence-electron chi connectivity index (χ3n) is 8.81. The molecule has 1 unspecified atom stereocenters. The van der Waals surface area contributed by atoms with Crippen LogP contribution in [-0.4, -0.2) is 37.2 Å². The van der Waals surface area contributed by atoms with Gasteiger partial charge in [0.15, 0.2) is 6.10 Å². The summed E-state index contributed by atoms with van der Waals surface area (Å²) in [7, 11) is 0. The molecule has 0 bridgehead atoms. The summed E-state index contributed by atoms with van der Waals surface area (Å²) in [5.41, 5.74) is 0. The van der Waals surface area contributed by atoms with Gasteiger partial charge in [0.1, 0.15) is 13.2 Å². The zero-order chi connectivity index (χ0) is 45.1. The molecular formula is C56H82O6. The quantitative estimate of drug-likeness (QED) is 0.0265. The zero-order valence-corrected chi connectivity index (χ0v) is 38.8. The van der Waals surface area contributed by atoms with Crippen molar-refractivity contribution in [1.29, 1.82) is 0 Å². The van der Waals surface area contributed by atoms with Crippen LogP contribution in [0.4, 0.5) is 0 Å². The highest BCUT2D eigenvalue weighted by Crippen LogP contribution is 2.09. The molecule has 0 saturated carbocycles. The topological polar surface area (TPSA) is 78.9 Å². The van der Waals surface area contributed by atoms with E-state index in [2.05, 4.69) is 154 Å². The Kier molecular flexibility index (Phi) is 44.8. The van der Waals surface area contributed by atoms with Gasteiger partial charge in [-0.05, 0) is 109 Å². The van der Waals surface area contributed by atoms with Crippen LogP contribution in [0, 0.1) is 0 Å². The Bertz CT molecular complexity index is 1490. The Balaban J connectivity index is 4.62. The van der Waals surface area contributed by atoms with Gasteiger partial charge < -0.3 is 14.2 Å². The van der Waals surface area contributed by atoms with E-state index in [1.54, 1.807) is 6.08 Å². The number of hydrogen-bond donors (Lipinski definition) is 0. The summed E-state index contributed by atoms with van der Waals surface area (Å²) in [5.74, 6) is -1.22. The second kappa shape index (κ2) is 48.7. The lowest BCUT2D eigenvalue weighted by atomic mass is 10.1. The fourth-order valence-corrected chi connectivity index (χ4v) is 5.40. The maximum atomic E-state index is 12.7. The predicted octanol–water partition coefficient (Wildman–Crippen LogP) is 15.5. The molecule has 0 rings (SSSR count). The van der Waals surface area contributed by atoms with Crippen LogP contribution in [0.3, 0.4) is 0 Å². The lowest BCUT2D eigenvalue weighted by Gasteiger charge is -2.18. The minimum atomic E-state index is -0.867. The summed E-state index contributed by atoms with van der Waals surface area (Å²) >= 11 is 0. The van der Waals surface area contributed by atoms with Crippen molar-refractivity contribution in [3.63, 3.8) is 0 Å². The molecule has 0 aliphatic rings. The first-order valence-corrected chi connectivity index (χ1v) is 23.5. The van der Waals surface area contributed by atoms with E-state index in [-0.39, 0.29) is 32.5 Å². The first kappa shape index (κ1) is 57.0. The third-order valence-corrected chi connectivity index (χ3v) is 8.81. The van der Waals surface area contributed by atoms with Crippen molar-refractivity contribution in [3.8, 4) is 0 Å². The molecule has 0 aromatic rings. The van der Waals surface area contributed by atoms with Gasteiger partial charge in [0.25, 0.3) is 0 Å². The molecule has 1 atom stereocenters. The Morgan fingerprint density at radius 3 is 1.08 bits per heavy atom. The zero-order valence-electron chi connectivity index (χ0n) is 38.8. The van der Waals surface area contributed by atoms with E-state index >= 15 is 0 Å². The molecule has 0 fully saturated rings. The fourth-order valence-electron chi connectivity index (χ4n) is 5.40. The molecule has 0 aliphatic carbocycles. The van der Waals surface area contributed by atoms with Crippen LogP contribution in [0.25, 0.3) is 0 Å². The molecule has 0 amide bonds. The minimum Gasteiger partial charge on any atom is -0.462 e. The number of carbonyl (C=O) groups is 3. The normalized spacial score (nSPS) is 13.5. The lowest BCUT2D eigenvalue weighted by molar-refractivity contribution is -0.166. The van der Waals surface area contributed by atoms with Crippen molar-refractivity contribution >= 4 is 17.9 Å². The molecule has 0 aromatic heterocycles. The monoisotopic (exact) mass is 851 g/mol. The standard InChI is InChI=1S/C56H82O6/c1-4-7-10-13-16-19-21-23-25-27-28-29-31-32-34-37-40-43-46-49-55(58)61-52-53(51-60-54(57)48-45-42-39-36-18-15-12-9-6-3)62-56(59)50-47-44-41-38-35-33-30-26-24-22-20-17-14-11-8-5-2/h7-12,16-20,23-26,28-29,32-36,40,42-43,45,53H,4-6,13-15,21-22,27,30-31,37-39,41,44,46-52H2,1-3H3/b10-7-,11-8-,12-9-,19-16-,20-17-,25-23-,26-24-,29-28-,34-32-,35-33-,36-18-,43-40-,45-42-. The minimum absolute atomic E-state index is 0.106. The molecule has 0 N–H and O–H groups in total. The van der Waals surface area contributed by atoms with Gasteiger partial charge in [-0.3, -0.25) is 14.4 Å². The third kappa shape index (κ3) is 46.1. The maximum absolute atomic E-state index is 12.7. The summed E-state index contributed by atoms with van der Waals surface area (Å²) < 4.78 is 16.5.